The Balaban J connectivity index is 1.92. The minimum atomic E-state index is -0.247. The van der Waals surface area contributed by atoms with Crippen molar-refractivity contribution in [2.75, 3.05) is 45.6 Å². The summed E-state index contributed by atoms with van der Waals surface area (Å²) in [5.74, 6) is 0.159. The Morgan fingerprint density at radius 2 is 2.33 bits per heavy atom. The van der Waals surface area contributed by atoms with Crippen LogP contribution in [0.5, 0.6) is 5.75 Å². The molecule has 1 saturated heterocycles. The molecular weight excluding hydrogens is 330 g/mol. The second kappa shape index (κ2) is 9.11. The average molecular weight is 356 g/mol. The van der Waals surface area contributed by atoms with Crippen LogP contribution < -0.4 is 15.8 Å². The van der Waals surface area contributed by atoms with Crippen LogP contribution in [0.3, 0.4) is 0 Å². The van der Waals surface area contributed by atoms with Crippen molar-refractivity contribution >= 4 is 23.2 Å². The van der Waals surface area contributed by atoms with Crippen molar-refractivity contribution in [2.24, 2.45) is 0 Å². The molecule has 1 heterocycles. The number of morpholine rings is 1. The van der Waals surface area contributed by atoms with Gasteiger partial charge in [-0.1, -0.05) is 24.9 Å². The zero-order valence-corrected chi connectivity index (χ0v) is 15.1. The molecular formula is C17H26ClN3O3. The van der Waals surface area contributed by atoms with E-state index in [1.165, 1.54) is 26.0 Å². The molecule has 0 bridgehead atoms. The third kappa shape index (κ3) is 5.00. The number of hydrogen-bond acceptors (Lipinski definition) is 5. The van der Waals surface area contributed by atoms with E-state index in [1.807, 2.05) is 0 Å². The Morgan fingerprint density at radius 1 is 1.54 bits per heavy atom. The standard InChI is InChI=1S/C17H26ClN3O3/c1-3-4-5-21-6-7-24-12(11-21)10-20-17(22)13-8-14(18)15(19)9-16(13)23-2/h8-9,12H,3-7,10-11,19H2,1-2H3,(H,20,22). The Morgan fingerprint density at radius 3 is 3.04 bits per heavy atom. The van der Waals surface area contributed by atoms with E-state index in [4.69, 9.17) is 26.8 Å². The summed E-state index contributed by atoms with van der Waals surface area (Å²) in [6.07, 6.45) is 2.35. The van der Waals surface area contributed by atoms with E-state index in [9.17, 15) is 4.79 Å². The lowest BCUT2D eigenvalue weighted by molar-refractivity contribution is -0.0266. The first-order chi connectivity index (χ1) is 11.5. The predicted octanol–water partition coefficient (Wildman–Crippen LogP) is 2.16. The lowest BCUT2D eigenvalue weighted by atomic mass is 10.1. The van der Waals surface area contributed by atoms with Crippen molar-refractivity contribution in [1.29, 1.82) is 0 Å². The number of benzene rings is 1. The molecule has 0 aliphatic carbocycles. The Hall–Kier alpha value is -1.50. The maximum Gasteiger partial charge on any atom is 0.255 e. The molecule has 1 unspecified atom stereocenters. The van der Waals surface area contributed by atoms with E-state index in [2.05, 4.69) is 17.1 Å². The van der Waals surface area contributed by atoms with E-state index in [-0.39, 0.29) is 12.0 Å². The van der Waals surface area contributed by atoms with Crippen molar-refractivity contribution in [2.45, 2.75) is 25.9 Å². The summed E-state index contributed by atoms with van der Waals surface area (Å²) in [6, 6.07) is 3.08. The third-order valence-electron chi connectivity index (χ3n) is 4.10. The summed E-state index contributed by atoms with van der Waals surface area (Å²) >= 11 is 6.01. The van der Waals surface area contributed by atoms with Crippen LogP contribution in [0.25, 0.3) is 0 Å². The summed E-state index contributed by atoms with van der Waals surface area (Å²) in [6.45, 7) is 6.19. The van der Waals surface area contributed by atoms with Gasteiger partial charge >= 0.3 is 0 Å². The highest BCUT2D eigenvalue weighted by atomic mass is 35.5. The van der Waals surface area contributed by atoms with Gasteiger partial charge in [0.1, 0.15) is 5.75 Å². The first-order valence-electron chi connectivity index (χ1n) is 8.30. The second-order valence-corrected chi connectivity index (χ2v) is 6.34. The molecule has 3 N–H and O–H groups in total. The third-order valence-corrected chi connectivity index (χ3v) is 4.43. The van der Waals surface area contributed by atoms with Gasteiger partial charge in [0.05, 0.1) is 36.1 Å². The molecule has 1 fully saturated rings. The van der Waals surface area contributed by atoms with Gasteiger partial charge in [-0.3, -0.25) is 9.69 Å². The van der Waals surface area contributed by atoms with E-state index >= 15 is 0 Å². The van der Waals surface area contributed by atoms with Crippen LogP contribution in [0.2, 0.25) is 5.02 Å². The fraction of sp³-hybridized carbons (Fsp3) is 0.588. The number of nitrogens with zero attached hydrogens (tertiary/aromatic N) is 1. The van der Waals surface area contributed by atoms with Crippen LogP contribution >= 0.6 is 11.6 Å². The lowest BCUT2D eigenvalue weighted by Gasteiger charge is -2.33. The van der Waals surface area contributed by atoms with E-state index < -0.39 is 0 Å². The number of unbranched alkanes of at least 4 members (excludes halogenated alkanes) is 1. The highest BCUT2D eigenvalue weighted by Crippen LogP contribution is 2.28. The summed E-state index contributed by atoms with van der Waals surface area (Å²) in [5, 5.41) is 3.23. The SMILES string of the molecule is CCCCN1CCOC(CNC(=O)c2cc(Cl)c(N)cc2OC)C1. The first kappa shape index (κ1) is 18.8. The van der Waals surface area contributed by atoms with Crippen molar-refractivity contribution < 1.29 is 14.3 Å². The molecule has 0 radical (unpaired) electrons. The first-order valence-corrected chi connectivity index (χ1v) is 8.68. The van der Waals surface area contributed by atoms with Crippen LogP contribution in [0.4, 0.5) is 5.69 Å². The van der Waals surface area contributed by atoms with Crippen LogP contribution in [-0.4, -0.2) is 56.8 Å². The number of carbonyl (C=O) groups is 1. The van der Waals surface area contributed by atoms with Gasteiger partial charge in [0.2, 0.25) is 0 Å². The van der Waals surface area contributed by atoms with Gasteiger partial charge in [0.15, 0.2) is 0 Å². The number of carbonyl (C=O) groups excluding carboxylic acids is 1. The van der Waals surface area contributed by atoms with Crippen molar-refractivity contribution in [3.05, 3.63) is 22.7 Å². The van der Waals surface area contributed by atoms with Crippen LogP contribution in [0.15, 0.2) is 12.1 Å². The van der Waals surface area contributed by atoms with Crippen LogP contribution in [0.1, 0.15) is 30.1 Å². The topological polar surface area (TPSA) is 76.8 Å². The zero-order valence-electron chi connectivity index (χ0n) is 14.3. The number of hydrogen-bond donors (Lipinski definition) is 2. The molecule has 2 rings (SSSR count). The monoisotopic (exact) mass is 355 g/mol. The highest BCUT2D eigenvalue weighted by Gasteiger charge is 2.22. The molecule has 0 aromatic heterocycles. The predicted molar refractivity (Wildman–Crippen MR) is 95.8 cm³/mol. The fourth-order valence-corrected chi connectivity index (χ4v) is 2.87. The normalized spacial score (nSPS) is 18.4. The molecule has 6 nitrogen and oxygen atoms in total. The van der Waals surface area contributed by atoms with Gasteiger partial charge in [-0.2, -0.15) is 0 Å². The van der Waals surface area contributed by atoms with E-state index in [0.29, 0.717) is 35.2 Å². The molecule has 1 atom stereocenters. The number of methoxy groups -OCH3 is 1. The molecule has 134 valence electrons. The van der Waals surface area contributed by atoms with Gasteiger partial charge in [0, 0.05) is 25.7 Å². The molecule has 0 spiro atoms. The van der Waals surface area contributed by atoms with Crippen molar-refractivity contribution in [1.82, 2.24) is 10.2 Å². The molecule has 1 aromatic rings. The summed E-state index contributed by atoms with van der Waals surface area (Å²) in [4.78, 5) is 14.8. The fourth-order valence-electron chi connectivity index (χ4n) is 2.71. The molecule has 7 heteroatoms. The second-order valence-electron chi connectivity index (χ2n) is 5.93. The summed E-state index contributed by atoms with van der Waals surface area (Å²) < 4.78 is 11.0. The summed E-state index contributed by atoms with van der Waals surface area (Å²) in [7, 11) is 1.50. The largest absolute Gasteiger partial charge is 0.496 e. The van der Waals surface area contributed by atoms with Crippen molar-refractivity contribution in [3.63, 3.8) is 0 Å². The number of nitrogens with one attached hydrogen (secondary N) is 1. The minimum absolute atomic E-state index is 0.00481. The Bertz CT molecular complexity index is 568. The van der Waals surface area contributed by atoms with Gasteiger partial charge in [-0.05, 0) is 19.0 Å². The number of amides is 1. The molecule has 0 saturated carbocycles. The summed E-state index contributed by atoms with van der Waals surface area (Å²) in [5.41, 5.74) is 6.49. The van der Waals surface area contributed by atoms with Crippen LogP contribution in [0, 0.1) is 0 Å². The number of nitrogen functional groups attached to an aromatic ring is 1. The quantitative estimate of drug-likeness (QED) is 0.733. The molecule has 1 aliphatic heterocycles. The maximum absolute atomic E-state index is 12.4. The zero-order chi connectivity index (χ0) is 17.5. The van der Waals surface area contributed by atoms with E-state index in [0.717, 1.165) is 19.6 Å². The number of ether oxygens (including phenoxy) is 2. The van der Waals surface area contributed by atoms with Crippen LogP contribution in [-0.2, 0) is 4.74 Å². The number of nitrogens with two attached hydrogens (primary N) is 1. The maximum atomic E-state index is 12.4. The van der Waals surface area contributed by atoms with Crippen molar-refractivity contribution in [3.8, 4) is 5.75 Å². The van der Waals surface area contributed by atoms with Gasteiger partial charge in [0.25, 0.3) is 5.91 Å². The molecule has 1 aromatic carbocycles. The average Bonchev–Trinajstić information content (AvgIpc) is 2.60. The number of rotatable bonds is 7. The Labute approximate surface area is 148 Å². The van der Waals surface area contributed by atoms with Gasteiger partial charge in [-0.25, -0.2) is 0 Å². The number of anilines is 1. The van der Waals surface area contributed by atoms with Gasteiger partial charge < -0.3 is 20.5 Å². The molecule has 1 amide bonds. The molecule has 1 aliphatic rings. The number of halogens is 1. The molecule has 24 heavy (non-hydrogen) atoms. The smallest absolute Gasteiger partial charge is 0.255 e. The Kier molecular flexibility index (Phi) is 7.15. The highest BCUT2D eigenvalue weighted by molar-refractivity contribution is 6.33. The van der Waals surface area contributed by atoms with E-state index in [1.54, 1.807) is 6.07 Å². The minimum Gasteiger partial charge on any atom is -0.496 e. The lowest BCUT2D eigenvalue weighted by Crippen LogP contribution is -2.47. The van der Waals surface area contributed by atoms with Gasteiger partial charge in [-0.15, -0.1) is 0 Å².